The molecule has 0 atom stereocenters. The molecule has 0 unspecified atom stereocenters. The number of fused-ring (bicyclic) bond motifs is 3. The summed E-state index contributed by atoms with van der Waals surface area (Å²) in [5.74, 6) is 1.48. The van der Waals surface area contributed by atoms with Crippen molar-refractivity contribution in [2.75, 3.05) is 18.6 Å². The summed E-state index contributed by atoms with van der Waals surface area (Å²) < 4.78 is 10.4. The van der Waals surface area contributed by atoms with Gasteiger partial charge < -0.3 is 14.2 Å². The fourth-order valence-corrected chi connectivity index (χ4v) is 6.77. The maximum absolute atomic E-state index is 14.0. The van der Waals surface area contributed by atoms with Crippen molar-refractivity contribution in [2.45, 2.75) is 89.9 Å². The molecule has 4 aliphatic rings. The Bertz CT molecular complexity index is 1150. The molecule has 1 aromatic carbocycles. The molecule has 4 saturated carbocycles. The van der Waals surface area contributed by atoms with Crippen molar-refractivity contribution in [3.63, 3.8) is 0 Å². The highest BCUT2D eigenvalue weighted by Gasteiger charge is 2.53. The number of methoxy groups -OCH3 is 1. The number of allylic oxidation sites excluding steroid dienone is 1. The maximum atomic E-state index is 14.0. The Kier molecular flexibility index (Phi) is 7.24. The quantitative estimate of drug-likeness (QED) is 0.331. The molecule has 37 heavy (non-hydrogen) atoms. The van der Waals surface area contributed by atoms with Crippen LogP contribution in [0.1, 0.15) is 94.8 Å². The number of esters is 1. The van der Waals surface area contributed by atoms with Gasteiger partial charge in [0.15, 0.2) is 5.82 Å². The predicted molar refractivity (Wildman–Crippen MR) is 142 cm³/mol. The first kappa shape index (κ1) is 25.7. The Morgan fingerprint density at radius 3 is 2.43 bits per heavy atom. The van der Waals surface area contributed by atoms with E-state index < -0.39 is 0 Å². The summed E-state index contributed by atoms with van der Waals surface area (Å²) in [5.41, 5.74) is 2.78. The van der Waals surface area contributed by atoms with E-state index in [-0.39, 0.29) is 28.6 Å². The number of hydrogen-bond donors (Lipinski definition) is 0. The van der Waals surface area contributed by atoms with E-state index in [9.17, 15) is 9.59 Å². The van der Waals surface area contributed by atoms with Crippen LogP contribution < -0.4 is 4.90 Å². The third kappa shape index (κ3) is 5.23. The lowest BCUT2D eigenvalue weighted by Crippen LogP contribution is -2.51. The van der Waals surface area contributed by atoms with Crippen molar-refractivity contribution < 1.29 is 18.8 Å². The van der Waals surface area contributed by atoms with E-state index in [1.165, 1.54) is 19.6 Å². The summed E-state index contributed by atoms with van der Waals surface area (Å²) in [5, 5.41) is 4.06. The third-order valence-corrected chi connectivity index (χ3v) is 9.25. The van der Waals surface area contributed by atoms with Crippen LogP contribution in [0.5, 0.6) is 0 Å². The normalized spacial score (nSPS) is 26.2. The minimum atomic E-state index is -0.374. The Morgan fingerprint density at radius 2 is 1.81 bits per heavy atom. The number of benzene rings is 1. The Hall–Kier alpha value is -2.96. The lowest BCUT2D eigenvalue weighted by molar-refractivity contribution is -0.134. The fourth-order valence-electron chi connectivity index (χ4n) is 6.77. The first-order chi connectivity index (χ1) is 17.8. The van der Waals surface area contributed by atoms with E-state index >= 15 is 0 Å². The molecule has 4 fully saturated rings. The summed E-state index contributed by atoms with van der Waals surface area (Å²) in [7, 11) is 1.38. The summed E-state index contributed by atoms with van der Waals surface area (Å²) >= 11 is 0. The van der Waals surface area contributed by atoms with Crippen LogP contribution in [0.3, 0.4) is 0 Å². The summed E-state index contributed by atoms with van der Waals surface area (Å²) in [4.78, 5) is 32.5. The molecule has 1 heterocycles. The van der Waals surface area contributed by atoms with Gasteiger partial charge in [0.05, 0.1) is 7.11 Å². The molecule has 0 aliphatic heterocycles. The van der Waals surface area contributed by atoms with Crippen LogP contribution >= 0.6 is 0 Å². The van der Waals surface area contributed by atoms with Crippen molar-refractivity contribution in [1.82, 2.24) is 10.1 Å². The van der Waals surface area contributed by atoms with Crippen LogP contribution in [-0.4, -0.2) is 35.7 Å². The molecule has 2 bridgehead atoms. The number of aromatic nitrogens is 2. The van der Waals surface area contributed by atoms with Crippen molar-refractivity contribution in [1.29, 1.82) is 0 Å². The minimum absolute atomic E-state index is 0.00305. The van der Waals surface area contributed by atoms with Crippen LogP contribution in [0.4, 0.5) is 5.69 Å². The largest absolute Gasteiger partial charge is 0.466 e. The van der Waals surface area contributed by atoms with Gasteiger partial charge in [0.1, 0.15) is 0 Å². The number of hydrogen-bond acceptors (Lipinski definition) is 6. The van der Waals surface area contributed by atoms with Gasteiger partial charge in [-0.15, -0.1) is 0 Å². The van der Waals surface area contributed by atoms with Gasteiger partial charge in [0.25, 0.3) is 0 Å². The van der Waals surface area contributed by atoms with Crippen molar-refractivity contribution in [3.05, 3.63) is 47.6 Å². The second-order valence-electron chi connectivity index (χ2n) is 11.6. The van der Waals surface area contributed by atoms with E-state index in [4.69, 9.17) is 9.26 Å². The van der Waals surface area contributed by atoms with E-state index in [0.717, 1.165) is 93.5 Å². The fraction of sp³-hybridized carbons (Fsp3) is 0.600. The molecule has 0 spiro atoms. The molecule has 0 radical (unpaired) electrons. The van der Waals surface area contributed by atoms with Gasteiger partial charge >= 0.3 is 5.97 Å². The molecule has 0 saturated heterocycles. The number of carbonyl (C=O) groups is 2. The number of amides is 1. The van der Waals surface area contributed by atoms with E-state index in [1.807, 2.05) is 32.0 Å². The monoisotopic (exact) mass is 505 g/mol. The molecule has 7 heteroatoms. The Morgan fingerprint density at radius 1 is 1.11 bits per heavy atom. The molecule has 1 aromatic heterocycles. The van der Waals surface area contributed by atoms with E-state index in [0.29, 0.717) is 5.82 Å². The average Bonchev–Trinajstić information content (AvgIpc) is 3.40. The zero-order valence-corrected chi connectivity index (χ0v) is 22.4. The average molecular weight is 506 g/mol. The van der Waals surface area contributed by atoms with Gasteiger partial charge in [-0.3, -0.25) is 4.79 Å². The second-order valence-corrected chi connectivity index (χ2v) is 11.6. The molecule has 7 nitrogen and oxygen atoms in total. The van der Waals surface area contributed by atoms with E-state index in [2.05, 4.69) is 21.1 Å². The maximum Gasteiger partial charge on any atom is 0.330 e. The smallest absolute Gasteiger partial charge is 0.330 e. The summed E-state index contributed by atoms with van der Waals surface area (Å²) in [6.07, 6.45) is 13.2. The highest BCUT2D eigenvalue weighted by molar-refractivity contribution is 5.96. The molecule has 4 aliphatic carbocycles. The second kappa shape index (κ2) is 10.4. The van der Waals surface area contributed by atoms with Crippen LogP contribution in [-0.2, 0) is 19.7 Å². The highest BCUT2D eigenvalue weighted by Crippen LogP contribution is 2.58. The topological polar surface area (TPSA) is 85.5 Å². The minimum Gasteiger partial charge on any atom is -0.466 e. The molecule has 0 N–H and O–H groups in total. The Balaban J connectivity index is 1.41. The third-order valence-electron chi connectivity index (χ3n) is 9.25. The molecule has 1 amide bonds. The Labute approximate surface area is 219 Å². The van der Waals surface area contributed by atoms with Gasteiger partial charge in [-0.25, -0.2) is 4.79 Å². The standard InChI is InChI=1S/C30H39N3O4/c1-21(18-26(34)36-3)24-10-7-11-25(19-24)33(27(35)23-8-5-4-6-9-23)20-29-12-15-30(16-13-29,17-14-29)28-31-22(2)32-37-28/h7,10-11,18-19,23H,4-6,8-9,12-17,20H2,1-3H3/b21-18+. The van der Waals surface area contributed by atoms with Gasteiger partial charge in [-0.05, 0) is 93.9 Å². The van der Waals surface area contributed by atoms with Crippen molar-refractivity contribution in [2.24, 2.45) is 11.3 Å². The molecule has 6 rings (SSSR count). The van der Waals surface area contributed by atoms with E-state index in [1.54, 1.807) is 0 Å². The first-order valence-corrected chi connectivity index (χ1v) is 13.8. The van der Waals surface area contributed by atoms with Gasteiger partial charge in [0, 0.05) is 29.6 Å². The predicted octanol–water partition coefficient (Wildman–Crippen LogP) is 6.16. The molecule has 2 aromatic rings. The summed E-state index contributed by atoms with van der Waals surface area (Å²) in [6.45, 7) is 4.53. The number of carbonyl (C=O) groups excluding carboxylic acids is 2. The number of aryl methyl sites for hydroxylation is 1. The summed E-state index contributed by atoms with van der Waals surface area (Å²) in [6, 6.07) is 8.08. The van der Waals surface area contributed by atoms with Crippen LogP contribution in [0, 0.1) is 18.3 Å². The lowest BCUT2D eigenvalue weighted by atomic mass is 9.53. The van der Waals surface area contributed by atoms with Crippen LogP contribution in [0.25, 0.3) is 5.57 Å². The first-order valence-electron chi connectivity index (χ1n) is 13.8. The molecular formula is C30H39N3O4. The van der Waals surface area contributed by atoms with Gasteiger partial charge in [0.2, 0.25) is 11.8 Å². The zero-order chi connectivity index (χ0) is 26.0. The van der Waals surface area contributed by atoms with Crippen molar-refractivity contribution >= 4 is 23.1 Å². The number of rotatable bonds is 7. The lowest BCUT2D eigenvalue weighted by Gasteiger charge is -2.53. The van der Waals surface area contributed by atoms with Gasteiger partial charge in [-0.2, -0.15) is 4.98 Å². The van der Waals surface area contributed by atoms with Crippen molar-refractivity contribution in [3.8, 4) is 0 Å². The van der Waals surface area contributed by atoms with Crippen LogP contribution in [0.15, 0.2) is 34.9 Å². The molecule has 198 valence electrons. The number of anilines is 1. The van der Waals surface area contributed by atoms with Crippen LogP contribution in [0.2, 0.25) is 0 Å². The van der Waals surface area contributed by atoms with Gasteiger partial charge in [-0.1, -0.05) is 36.6 Å². The number of ether oxygens (including phenoxy) is 1. The number of nitrogens with zero attached hydrogens (tertiary/aromatic N) is 3. The highest BCUT2D eigenvalue weighted by atomic mass is 16.5. The SMILES string of the molecule is COC(=O)/C=C(\C)c1cccc(N(CC23CCC(c4nc(C)no4)(CC2)CC3)C(=O)C2CCCCC2)c1. The zero-order valence-electron chi connectivity index (χ0n) is 22.4. The molecular weight excluding hydrogens is 466 g/mol.